The van der Waals surface area contributed by atoms with Gasteiger partial charge in [-0.05, 0) is 18.2 Å². The Balaban J connectivity index is 2.00. The number of aryl methyl sites for hydroxylation is 1. The molecular weight excluding hydrogens is 305 g/mol. The predicted molar refractivity (Wildman–Crippen MR) is 88.0 cm³/mol. The number of para-hydroxylation sites is 1. The topological polar surface area (TPSA) is 33.6 Å². The number of aromatic nitrogens is 3. The number of fused-ring (bicyclic) bond motifs is 2. The molecule has 4 rings (SSSR count). The molecule has 104 valence electrons. The van der Waals surface area contributed by atoms with Gasteiger partial charge in [0.1, 0.15) is 5.82 Å². The molecule has 0 aliphatic rings. The normalized spacial score (nSPS) is 11.6. The lowest BCUT2D eigenvalue weighted by Gasteiger charge is -1.94. The van der Waals surface area contributed by atoms with E-state index in [9.17, 15) is 0 Å². The summed E-state index contributed by atoms with van der Waals surface area (Å²) in [4.78, 5) is 7.95. The van der Waals surface area contributed by atoms with Crippen molar-refractivity contribution in [1.82, 2.24) is 14.5 Å². The van der Waals surface area contributed by atoms with Crippen LogP contribution in [0.3, 0.4) is 0 Å². The van der Waals surface area contributed by atoms with Crippen molar-refractivity contribution in [3.05, 3.63) is 52.6 Å². The minimum atomic E-state index is 0.514. The highest BCUT2D eigenvalue weighted by atomic mass is 35.5. The van der Waals surface area contributed by atoms with E-state index in [1.807, 2.05) is 19.2 Å². The third-order valence-corrected chi connectivity index (χ3v) is 4.40. The van der Waals surface area contributed by atoms with Gasteiger partial charge < -0.3 is 9.55 Å². The molecule has 4 aromatic rings. The number of nitrogens with one attached hydrogen (secondary N) is 1. The van der Waals surface area contributed by atoms with E-state index in [2.05, 4.69) is 32.9 Å². The standard InChI is InChI=1S/C16H11Cl2N3/c1-21-8-10(9-4-2-3-5-15(9)21)16-19-13-6-11(17)12(18)7-14(13)20-16/h2-8H,1H3,(H,19,20). The van der Waals surface area contributed by atoms with Crippen molar-refractivity contribution in [1.29, 1.82) is 0 Å². The lowest BCUT2D eigenvalue weighted by atomic mass is 10.2. The first-order chi connectivity index (χ1) is 10.1. The lowest BCUT2D eigenvalue weighted by molar-refractivity contribution is 0.969. The third-order valence-electron chi connectivity index (χ3n) is 3.68. The molecule has 0 atom stereocenters. The second-order valence-electron chi connectivity index (χ2n) is 5.04. The Morgan fingerprint density at radius 1 is 1.10 bits per heavy atom. The van der Waals surface area contributed by atoms with Gasteiger partial charge in [0.25, 0.3) is 0 Å². The van der Waals surface area contributed by atoms with Crippen molar-refractivity contribution < 1.29 is 0 Å². The van der Waals surface area contributed by atoms with Crippen LogP contribution in [0.5, 0.6) is 0 Å². The number of hydrogen-bond donors (Lipinski definition) is 1. The number of rotatable bonds is 1. The Hall–Kier alpha value is -1.97. The molecule has 0 bridgehead atoms. The Kier molecular flexibility index (Phi) is 2.74. The molecular formula is C16H11Cl2N3. The fraction of sp³-hybridized carbons (Fsp3) is 0.0625. The van der Waals surface area contributed by atoms with Gasteiger partial charge in [-0.25, -0.2) is 4.98 Å². The summed E-state index contributed by atoms with van der Waals surface area (Å²) < 4.78 is 2.10. The first kappa shape index (κ1) is 12.7. The SMILES string of the molecule is Cn1cc(-c2nc3cc(Cl)c(Cl)cc3[nH]2)c2ccccc21. The van der Waals surface area contributed by atoms with Gasteiger partial charge >= 0.3 is 0 Å². The van der Waals surface area contributed by atoms with E-state index in [0.717, 1.165) is 27.8 Å². The predicted octanol–water partition coefficient (Wildman–Crippen LogP) is 5.03. The van der Waals surface area contributed by atoms with Crippen LogP contribution in [-0.2, 0) is 7.05 Å². The molecule has 0 fully saturated rings. The number of aromatic amines is 1. The van der Waals surface area contributed by atoms with E-state index >= 15 is 0 Å². The van der Waals surface area contributed by atoms with Crippen molar-refractivity contribution >= 4 is 45.1 Å². The summed E-state index contributed by atoms with van der Waals surface area (Å²) in [6.45, 7) is 0. The van der Waals surface area contributed by atoms with Crippen LogP contribution >= 0.6 is 23.2 Å². The highest BCUT2D eigenvalue weighted by Gasteiger charge is 2.13. The van der Waals surface area contributed by atoms with Crippen LogP contribution in [0.15, 0.2) is 42.6 Å². The summed E-state index contributed by atoms with van der Waals surface area (Å²) in [6.07, 6.45) is 2.07. The Morgan fingerprint density at radius 2 is 1.86 bits per heavy atom. The maximum absolute atomic E-state index is 6.06. The summed E-state index contributed by atoms with van der Waals surface area (Å²) in [5.41, 5.74) is 3.93. The highest BCUT2D eigenvalue weighted by molar-refractivity contribution is 6.42. The number of imidazole rings is 1. The minimum Gasteiger partial charge on any atom is -0.350 e. The van der Waals surface area contributed by atoms with Crippen molar-refractivity contribution in [3.8, 4) is 11.4 Å². The smallest absolute Gasteiger partial charge is 0.140 e. The average Bonchev–Trinajstić information content (AvgIpc) is 3.01. The molecule has 0 amide bonds. The molecule has 0 aliphatic carbocycles. The molecule has 0 saturated carbocycles. The molecule has 21 heavy (non-hydrogen) atoms. The Morgan fingerprint density at radius 3 is 2.71 bits per heavy atom. The molecule has 1 N–H and O–H groups in total. The first-order valence-electron chi connectivity index (χ1n) is 6.52. The minimum absolute atomic E-state index is 0.514. The van der Waals surface area contributed by atoms with Gasteiger partial charge in [0, 0.05) is 29.7 Å². The molecule has 3 nitrogen and oxygen atoms in total. The number of benzene rings is 2. The molecule has 0 spiro atoms. The number of halogens is 2. The summed E-state index contributed by atoms with van der Waals surface area (Å²) in [5.74, 6) is 0.820. The number of nitrogens with zero attached hydrogens (tertiary/aromatic N) is 2. The summed E-state index contributed by atoms with van der Waals surface area (Å²) in [7, 11) is 2.03. The molecule has 2 heterocycles. The van der Waals surface area contributed by atoms with Crippen molar-refractivity contribution in [2.45, 2.75) is 0 Å². The van der Waals surface area contributed by atoms with Crippen LogP contribution in [0.2, 0.25) is 10.0 Å². The van der Waals surface area contributed by atoms with Crippen LogP contribution in [-0.4, -0.2) is 14.5 Å². The molecule has 0 unspecified atom stereocenters. The zero-order chi connectivity index (χ0) is 14.6. The van der Waals surface area contributed by atoms with Gasteiger partial charge in [-0.3, -0.25) is 0 Å². The van der Waals surface area contributed by atoms with Crippen LogP contribution in [0.4, 0.5) is 0 Å². The van der Waals surface area contributed by atoms with Crippen molar-refractivity contribution in [3.63, 3.8) is 0 Å². The summed E-state index contributed by atoms with van der Waals surface area (Å²) in [5, 5.41) is 2.20. The zero-order valence-electron chi connectivity index (χ0n) is 11.2. The largest absolute Gasteiger partial charge is 0.350 e. The number of hydrogen-bond acceptors (Lipinski definition) is 1. The lowest BCUT2D eigenvalue weighted by Crippen LogP contribution is -1.81. The highest BCUT2D eigenvalue weighted by Crippen LogP contribution is 2.32. The monoisotopic (exact) mass is 315 g/mol. The summed E-state index contributed by atoms with van der Waals surface area (Å²) in [6, 6.07) is 11.8. The van der Waals surface area contributed by atoms with Gasteiger partial charge in [0.15, 0.2) is 0 Å². The Bertz CT molecular complexity index is 943. The van der Waals surface area contributed by atoms with E-state index < -0.39 is 0 Å². The second-order valence-corrected chi connectivity index (χ2v) is 5.85. The van der Waals surface area contributed by atoms with Gasteiger partial charge in [-0.15, -0.1) is 0 Å². The third kappa shape index (κ3) is 1.93. The van der Waals surface area contributed by atoms with Crippen LogP contribution in [0.1, 0.15) is 0 Å². The molecule has 2 aromatic carbocycles. The summed E-state index contributed by atoms with van der Waals surface area (Å²) >= 11 is 12.1. The van der Waals surface area contributed by atoms with E-state index in [1.165, 1.54) is 5.52 Å². The van der Waals surface area contributed by atoms with E-state index in [-0.39, 0.29) is 0 Å². The van der Waals surface area contributed by atoms with Gasteiger partial charge in [-0.2, -0.15) is 0 Å². The first-order valence-corrected chi connectivity index (χ1v) is 7.28. The molecule has 0 saturated heterocycles. The average molecular weight is 316 g/mol. The fourth-order valence-corrected chi connectivity index (χ4v) is 2.98. The van der Waals surface area contributed by atoms with Crippen molar-refractivity contribution in [2.75, 3.05) is 0 Å². The maximum atomic E-state index is 6.06. The van der Waals surface area contributed by atoms with Gasteiger partial charge in [-0.1, -0.05) is 41.4 Å². The Labute approximate surface area is 131 Å². The van der Waals surface area contributed by atoms with E-state index in [1.54, 1.807) is 12.1 Å². The van der Waals surface area contributed by atoms with Gasteiger partial charge in [0.05, 0.1) is 21.1 Å². The quantitative estimate of drug-likeness (QED) is 0.525. The van der Waals surface area contributed by atoms with Crippen LogP contribution in [0.25, 0.3) is 33.3 Å². The second kappa shape index (κ2) is 4.52. The maximum Gasteiger partial charge on any atom is 0.140 e. The molecule has 5 heteroatoms. The molecule has 2 aromatic heterocycles. The van der Waals surface area contributed by atoms with Crippen LogP contribution in [0, 0.1) is 0 Å². The van der Waals surface area contributed by atoms with E-state index in [0.29, 0.717) is 10.0 Å². The number of H-pyrrole nitrogens is 1. The fourth-order valence-electron chi connectivity index (χ4n) is 2.66. The van der Waals surface area contributed by atoms with Gasteiger partial charge in [0.2, 0.25) is 0 Å². The van der Waals surface area contributed by atoms with E-state index in [4.69, 9.17) is 23.2 Å². The zero-order valence-corrected chi connectivity index (χ0v) is 12.7. The molecule has 0 radical (unpaired) electrons. The van der Waals surface area contributed by atoms with Crippen LogP contribution < -0.4 is 0 Å². The molecule has 0 aliphatic heterocycles. The van der Waals surface area contributed by atoms with Crippen molar-refractivity contribution in [2.24, 2.45) is 7.05 Å².